The molecule has 0 bridgehead atoms. The first-order valence-corrected chi connectivity index (χ1v) is 10.8. The molecule has 0 unspecified atom stereocenters. The molecular formula is C20H21Cl3N4O2S. The van der Waals surface area contributed by atoms with Crippen molar-refractivity contribution in [3.63, 3.8) is 0 Å². The Kier molecular flexibility index (Phi) is 7.88. The Labute approximate surface area is 195 Å². The molecule has 0 aliphatic heterocycles. The third kappa shape index (κ3) is 5.21. The van der Waals surface area contributed by atoms with Crippen LogP contribution < -0.4 is 14.9 Å². The quantitative estimate of drug-likeness (QED) is 0.353. The Hall–Kier alpha value is -1.93. The molecule has 0 radical (unpaired) electrons. The van der Waals surface area contributed by atoms with Crippen molar-refractivity contribution in [2.24, 2.45) is 0 Å². The zero-order chi connectivity index (χ0) is 21.7. The van der Waals surface area contributed by atoms with Gasteiger partial charge >= 0.3 is 0 Å². The van der Waals surface area contributed by atoms with Gasteiger partial charge in [-0.1, -0.05) is 47.8 Å². The Balaban J connectivity index is 1.77. The number of benzene rings is 2. The van der Waals surface area contributed by atoms with Gasteiger partial charge in [0.1, 0.15) is 6.61 Å². The normalized spacial score (nSPS) is 10.8. The Morgan fingerprint density at radius 1 is 1.13 bits per heavy atom. The predicted molar refractivity (Wildman–Crippen MR) is 123 cm³/mol. The predicted octanol–water partition coefficient (Wildman–Crippen LogP) is 6.18. The van der Waals surface area contributed by atoms with Crippen LogP contribution in [0.4, 0.5) is 0 Å². The molecular weight excluding hydrogens is 467 g/mol. The lowest BCUT2D eigenvalue weighted by atomic mass is 10.2. The maximum absolute atomic E-state index is 6.50. The molecule has 1 heterocycles. The molecule has 0 saturated heterocycles. The van der Waals surface area contributed by atoms with E-state index in [1.807, 2.05) is 6.07 Å². The molecule has 0 aliphatic carbocycles. The van der Waals surface area contributed by atoms with Crippen molar-refractivity contribution < 1.29 is 9.47 Å². The summed E-state index contributed by atoms with van der Waals surface area (Å²) in [5.41, 5.74) is 4.77. The van der Waals surface area contributed by atoms with E-state index in [0.717, 1.165) is 24.2 Å². The van der Waals surface area contributed by atoms with Gasteiger partial charge in [0.05, 0.1) is 13.7 Å². The van der Waals surface area contributed by atoms with E-state index in [1.54, 1.807) is 36.1 Å². The highest BCUT2D eigenvalue weighted by Gasteiger charge is 2.14. The van der Waals surface area contributed by atoms with E-state index in [2.05, 4.69) is 22.5 Å². The van der Waals surface area contributed by atoms with Crippen molar-refractivity contribution in [1.82, 2.24) is 14.9 Å². The first kappa shape index (κ1) is 22.7. The lowest BCUT2D eigenvalue weighted by Crippen LogP contribution is -2.18. The van der Waals surface area contributed by atoms with E-state index in [4.69, 9.17) is 56.5 Å². The minimum atomic E-state index is 0.188. The molecule has 0 aliphatic rings. The maximum Gasteiger partial charge on any atom is 0.214 e. The van der Waals surface area contributed by atoms with Crippen LogP contribution in [-0.4, -0.2) is 22.0 Å². The SMILES string of the molecule is CCCc1n[nH]c(=S)n1NCc1cc(OC)c(OCc2c(Cl)cccc2Cl)cc1Cl. The molecule has 2 N–H and O–H groups in total. The first-order chi connectivity index (χ1) is 14.4. The number of rotatable bonds is 9. The van der Waals surface area contributed by atoms with E-state index >= 15 is 0 Å². The van der Waals surface area contributed by atoms with Crippen molar-refractivity contribution in [3.8, 4) is 11.5 Å². The van der Waals surface area contributed by atoms with Gasteiger partial charge in [-0.05, 0) is 42.4 Å². The second-order valence-electron chi connectivity index (χ2n) is 6.45. The second kappa shape index (κ2) is 10.4. The molecule has 10 heteroatoms. The smallest absolute Gasteiger partial charge is 0.214 e. The topological polar surface area (TPSA) is 64.1 Å². The van der Waals surface area contributed by atoms with Gasteiger partial charge < -0.3 is 14.9 Å². The fourth-order valence-corrected chi connectivity index (χ4v) is 3.80. The monoisotopic (exact) mass is 486 g/mol. The molecule has 2 aromatic carbocycles. The molecule has 30 heavy (non-hydrogen) atoms. The van der Waals surface area contributed by atoms with Crippen LogP contribution in [-0.2, 0) is 19.6 Å². The fraction of sp³-hybridized carbons (Fsp3) is 0.300. The summed E-state index contributed by atoms with van der Waals surface area (Å²) in [6.07, 6.45) is 1.76. The van der Waals surface area contributed by atoms with Crippen molar-refractivity contribution in [2.75, 3.05) is 12.5 Å². The van der Waals surface area contributed by atoms with Gasteiger partial charge in [0.15, 0.2) is 17.3 Å². The largest absolute Gasteiger partial charge is 0.493 e. The lowest BCUT2D eigenvalue weighted by molar-refractivity contribution is 0.284. The highest BCUT2D eigenvalue weighted by molar-refractivity contribution is 7.71. The van der Waals surface area contributed by atoms with Crippen LogP contribution in [0.3, 0.4) is 0 Å². The number of hydrogen-bond donors (Lipinski definition) is 2. The van der Waals surface area contributed by atoms with E-state index in [9.17, 15) is 0 Å². The van der Waals surface area contributed by atoms with E-state index < -0.39 is 0 Å². The van der Waals surface area contributed by atoms with Crippen LogP contribution in [0.1, 0.15) is 30.3 Å². The Morgan fingerprint density at radius 2 is 1.87 bits per heavy atom. The summed E-state index contributed by atoms with van der Waals surface area (Å²) < 4.78 is 13.6. The number of nitrogens with one attached hydrogen (secondary N) is 2. The molecule has 160 valence electrons. The standard InChI is InChI=1S/C20H21Cl3N4O2S/c1-3-5-19-25-26-20(30)27(19)24-10-12-8-17(28-2)18(9-16(12)23)29-11-13-14(21)6-4-7-15(13)22/h4,6-9,24H,3,5,10-11H2,1-2H3,(H,26,30). The number of aromatic nitrogens is 3. The van der Waals surface area contributed by atoms with E-state index in [-0.39, 0.29) is 6.61 Å². The summed E-state index contributed by atoms with van der Waals surface area (Å²) in [5.74, 6) is 1.87. The van der Waals surface area contributed by atoms with Crippen LogP contribution in [0.25, 0.3) is 0 Å². The van der Waals surface area contributed by atoms with Gasteiger partial charge in [0.25, 0.3) is 0 Å². The summed E-state index contributed by atoms with van der Waals surface area (Å²) in [6, 6.07) is 8.84. The van der Waals surface area contributed by atoms with Gasteiger partial charge in [-0.25, -0.2) is 4.68 Å². The summed E-state index contributed by atoms with van der Waals surface area (Å²) in [6.45, 7) is 2.70. The molecule has 6 nitrogen and oxygen atoms in total. The number of ether oxygens (including phenoxy) is 2. The first-order valence-electron chi connectivity index (χ1n) is 9.26. The summed E-state index contributed by atoms with van der Waals surface area (Å²) >= 11 is 24.2. The van der Waals surface area contributed by atoms with Crippen LogP contribution in [0.15, 0.2) is 30.3 Å². The Bertz CT molecular complexity index is 1060. The molecule has 0 spiro atoms. The molecule has 0 fully saturated rings. The van der Waals surface area contributed by atoms with Gasteiger partial charge in [-0.3, -0.25) is 5.10 Å². The summed E-state index contributed by atoms with van der Waals surface area (Å²) in [4.78, 5) is 0. The van der Waals surface area contributed by atoms with Crippen LogP contribution in [0, 0.1) is 4.77 Å². The average Bonchev–Trinajstić information content (AvgIpc) is 3.06. The minimum Gasteiger partial charge on any atom is -0.493 e. The zero-order valence-corrected chi connectivity index (χ0v) is 19.6. The number of methoxy groups -OCH3 is 1. The number of aryl methyl sites for hydroxylation is 1. The molecule has 3 rings (SSSR count). The van der Waals surface area contributed by atoms with E-state index in [1.165, 1.54) is 0 Å². The maximum atomic E-state index is 6.50. The number of halogens is 3. The molecule has 0 saturated carbocycles. The number of H-pyrrole nitrogens is 1. The third-order valence-corrected chi connectivity index (χ3v) is 5.74. The molecule has 0 atom stereocenters. The summed E-state index contributed by atoms with van der Waals surface area (Å²) in [5, 5.41) is 8.63. The molecule has 3 aromatic rings. The third-order valence-electron chi connectivity index (χ3n) is 4.41. The summed E-state index contributed by atoms with van der Waals surface area (Å²) in [7, 11) is 1.57. The average molecular weight is 488 g/mol. The van der Waals surface area contributed by atoms with Gasteiger partial charge in [0.2, 0.25) is 4.77 Å². The highest BCUT2D eigenvalue weighted by Crippen LogP contribution is 2.35. The van der Waals surface area contributed by atoms with Crippen LogP contribution in [0.2, 0.25) is 15.1 Å². The number of nitrogens with zero attached hydrogens (tertiary/aromatic N) is 2. The van der Waals surface area contributed by atoms with Gasteiger partial charge in [0, 0.05) is 33.1 Å². The van der Waals surface area contributed by atoms with Gasteiger partial charge in [-0.15, -0.1) is 0 Å². The van der Waals surface area contributed by atoms with Crippen LogP contribution in [0.5, 0.6) is 11.5 Å². The van der Waals surface area contributed by atoms with Gasteiger partial charge in [-0.2, -0.15) is 5.10 Å². The number of hydrogen-bond acceptors (Lipinski definition) is 5. The fourth-order valence-electron chi connectivity index (χ4n) is 2.85. The van der Waals surface area contributed by atoms with Crippen LogP contribution >= 0.6 is 47.0 Å². The van der Waals surface area contributed by atoms with Crippen molar-refractivity contribution in [2.45, 2.75) is 32.9 Å². The van der Waals surface area contributed by atoms with Crippen molar-refractivity contribution in [3.05, 3.63) is 67.1 Å². The zero-order valence-electron chi connectivity index (χ0n) is 16.5. The lowest BCUT2D eigenvalue weighted by Gasteiger charge is -2.16. The number of aromatic amines is 1. The highest BCUT2D eigenvalue weighted by atomic mass is 35.5. The Morgan fingerprint density at radius 3 is 2.53 bits per heavy atom. The minimum absolute atomic E-state index is 0.188. The second-order valence-corrected chi connectivity index (χ2v) is 8.06. The molecule has 1 aromatic heterocycles. The van der Waals surface area contributed by atoms with Crippen molar-refractivity contribution >= 4 is 47.0 Å². The molecule has 0 amide bonds. The van der Waals surface area contributed by atoms with E-state index in [0.29, 0.717) is 43.4 Å². The van der Waals surface area contributed by atoms with Crippen molar-refractivity contribution in [1.29, 1.82) is 0 Å².